The molecule has 0 amide bonds. The van der Waals surface area contributed by atoms with E-state index in [1.165, 1.54) is 0 Å². The Morgan fingerprint density at radius 3 is 2.27 bits per heavy atom. The summed E-state index contributed by atoms with van der Waals surface area (Å²) in [5, 5.41) is 0. The van der Waals surface area contributed by atoms with Crippen LogP contribution in [-0.2, 0) is 15.5 Å². The van der Waals surface area contributed by atoms with E-state index in [1.54, 1.807) is 36.4 Å². The molecule has 0 bridgehead atoms. The molecule has 0 radical (unpaired) electrons. The van der Waals surface area contributed by atoms with Gasteiger partial charge < -0.3 is 4.18 Å². The molecule has 4 heteroatoms. The molecule has 0 spiro atoms. The molecule has 2 aromatic rings. The second-order valence-corrected chi connectivity index (χ2v) is 7.66. The van der Waals surface area contributed by atoms with Crippen LogP contribution in [0, 0.1) is 6.92 Å². The van der Waals surface area contributed by atoms with Crippen molar-refractivity contribution in [3.8, 4) is 5.75 Å². The van der Waals surface area contributed by atoms with Crippen LogP contribution in [0.4, 0.5) is 0 Å². The van der Waals surface area contributed by atoms with Crippen LogP contribution in [0.1, 0.15) is 38.3 Å². The van der Waals surface area contributed by atoms with Crippen molar-refractivity contribution >= 4 is 10.1 Å². The zero-order chi connectivity index (χ0) is 16.4. The highest BCUT2D eigenvalue weighted by Crippen LogP contribution is 2.30. The summed E-state index contributed by atoms with van der Waals surface area (Å²) in [4.78, 5) is 0.165. The fraction of sp³-hybridized carbons (Fsp3) is 0.333. The monoisotopic (exact) mass is 318 g/mol. The van der Waals surface area contributed by atoms with E-state index >= 15 is 0 Å². The lowest BCUT2D eigenvalue weighted by molar-refractivity contribution is 0.478. The second kappa shape index (κ2) is 6.13. The first-order chi connectivity index (χ1) is 10.2. The summed E-state index contributed by atoms with van der Waals surface area (Å²) in [6, 6.07) is 13.9. The van der Waals surface area contributed by atoms with Crippen molar-refractivity contribution in [1.82, 2.24) is 0 Å². The molecule has 0 unspecified atom stereocenters. The number of hydrogen-bond donors (Lipinski definition) is 0. The van der Waals surface area contributed by atoms with Gasteiger partial charge in [-0.1, -0.05) is 50.6 Å². The topological polar surface area (TPSA) is 43.4 Å². The fourth-order valence-electron chi connectivity index (χ4n) is 2.05. The number of benzene rings is 2. The van der Waals surface area contributed by atoms with Crippen LogP contribution < -0.4 is 4.18 Å². The molecule has 2 aromatic carbocycles. The van der Waals surface area contributed by atoms with Crippen molar-refractivity contribution in [1.29, 1.82) is 0 Å². The van der Waals surface area contributed by atoms with Crippen LogP contribution in [0.5, 0.6) is 5.75 Å². The van der Waals surface area contributed by atoms with E-state index in [9.17, 15) is 8.42 Å². The summed E-state index contributed by atoms with van der Waals surface area (Å²) in [6.07, 6.45) is 0.959. The van der Waals surface area contributed by atoms with Gasteiger partial charge in [-0.25, -0.2) is 0 Å². The standard InChI is InChI=1S/C18H22O3S/c1-5-18(3,4)15-7-6-8-16(13-15)21-22(19,20)17-11-9-14(2)10-12-17/h6-13H,5H2,1-4H3. The van der Waals surface area contributed by atoms with Crippen molar-refractivity contribution < 1.29 is 12.6 Å². The first kappa shape index (κ1) is 16.6. The van der Waals surface area contributed by atoms with Crippen molar-refractivity contribution in [2.45, 2.75) is 44.4 Å². The van der Waals surface area contributed by atoms with Crippen molar-refractivity contribution in [2.75, 3.05) is 0 Å². The molecular formula is C18H22O3S. The molecule has 0 aliphatic rings. The first-order valence-electron chi connectivity index (χ1n) is 7.36. The summed E-state index contributed by atoms with van der Waals surface area (Å²) in [6.45, 7) is 8.27. The lowest BCUT2D eigenvalue weighted by Crippen LogP contribution is -2.16. The van der Waals surface area contributed by atoms with Crippen LogP contribution in [0.3, 0.4) is 0 Å². The summed E-state index contributed by atoms with van der Waals surface area (Å²) >= 11 is 0. The average molecular weight is 318 g/mol. The van der Waals surface area contributed by atoms with Crippen LogP contribution in [0.2, 0.25) is 0 Å². The molecule has 22 heavy (non-hydrogen) atoms. The Morgan fingerprint density at radius 1 is 1.05 bits per heavy atom. The van der Waals surface area contributed by atoms with Gasteiger partial charge in [-0.05, 0) is 48.6 Å². The van der Waals surface area contributed by atoms with E-state index in [0.717, 1.165) is 17.5 Å². The van der Waals surface area contributed by atoms with Crippen LogP contribution >= 0.6 is 0 Å². The SMILES string of the molecule is CCC(C)(C)c1cccc(OS(=O)(=O)c2ccc(C)cc2)c1. The molecule has 2 rings (SSSR count). The number of rotatable bonds is 5. The lowest BCUT2D eigenvalue weighted by atomic mass is 9.82. The zero-order valence-corrected chi connectivity index (χ0v) is 14.3. The predicted molar refractivity (Wildman–Crippen MR) is 88.8 cm³/mol. The minimum absolute atomic E-state index is 0.0208. The highest BCUT2D eigenvalue weighted by Gasteiger charge is 2.21. The smallest absolute Gasteiger partial charge is 0.339 e. The van der Waals surface area contributed by atoms with Gasteiger partial charge in [0.15, 0.2) is 0 Å². The Kier molecular flexibility index (Phi) is 4.61. The summed E-state index contributed by atoms with van der Waals surface area (Å²) in [5.41, 5.74) is 2.05. The van der Waals surface area contributed by atoms with E-state index < -0.39 is 10.1 Å². The lowest BCUT2D eigenvalue weighted by Gasteiger charge is -2.23. The summed E-state index contributed by atoms with van der Waals surface area (Å²) in [5.74, 6) is 0.347. The van der Waals surface area contributed by atoms with Gasteiger partial charge in [0.25, 0.3) is 0 Å². The molecule has 0 saturated heterocycles. The largest absolute Gasteiger partial charge is 0.379 e. The fourth-order valence-corrected chi connectivity index (χ4v) is 2.98. The normalized spacial score (nSPS) is 12.2. The molecule has 0 fully saturated rings. The second-order valence-electron chi connectivity index (χ2n) is 6.12. The van der Waals surface area contributed by atoms with Gasteiger partial charge in [0, 0.05) is 0 Å². The maximum absolute atomic E-state index is 12.3. The van der Waals surface area contributed by atoms with E-state index in [-0.39, 0.29) is 10.3 Å². The van der Waals surface area contributed by atoms with E-state index in [2.05, 4.69) is 20.8 Å². The molecule has 0 N–H and O–H groups in total. The summed E-state index contributed by atoms with van der Waals surface area (Å²) < 4.78 is 29.9. The number of aryl methyl sites for hydroxylation is 1. The molecule has 0 aromatic heterocycles. The Morgan fingerprint density at radius 2 is 1.68 bits per heavy atom. The quantitative estimate of drug-likeness (QED) is 0.765. The molecule has 0 atom stereocenters. The van der Waals surface area contributed by atoms with Crippen LogP contribution in [0.15, 0.2) is 53.4 Å². The third-order valence-corrected chi connectivity index (χ3v) is 5.28. The van der Waals surface area contributed by atoms with E-state index in [4.69, 9.17) is 4.18 Å². The Balaban J connectivity index is 2.30. The number of hydrogen-bond acceptors (Lipinski definition) is 3. The Labute approximate surface area is 133 Å². The van der Waals surface area contributed by atoms with E-state index in [1.807, 2.05) is 19.1 Å². The molecule has 0 aliphatic heterocycles. The maximum Gasteiger partial charge on any atom is 0.339 e. The average Bonchev–Trinajstić information content (AvgIpc) is 2.47. The van der Waals surface area contributed by atoms with Gasteiger partial charge in [0.1, 0.15) is 10.6 Å². The van der Waals surface area contributed by atoms with E-state index in [0.29, 0.717) is 5.75 Å². The van der Waals surface area contributed by atoms with Gasteiger partial charge in [0.2, 0.25) is 0 Å². The maximum atomic E-state index is 12.3. The molecule has 3 nitrogen and oxygen atoms in total. The van der Waals surface area contributed by atoms with Crippen molar-refractivity contribution in [3.63, 3.8) is 0 Å². The highest BCUT2D eigenvalue weighted by molar-refractivity contribution is 7.87. The zero-order valence-electron chi connectivity index (χ0n) is 13.5. The highest BCUT2D eigenvalue weighted by atomic mass is 32.2. The minimum Gasteiger partial charge on any atom is -0.379 e. The molecular weight excluding hydrogens is 296 g/mol. The minimum atomic E-state index is -3.80. The first-order valence-corrected chi connectivity index (χ1v) is 8.77. The van der Waals surface area contributed by atoms with Crippen LogP contribution in [-0.4, -0.2) is 8.42 Å². The predicted octanol–water partition coefficient (Wildman–Crippen LogP) is 4.45. The van der Waals surface area contributed by atoms with Gasteiger partial charge in [-0.2, -0.15) is 8.42 Å². The van der Waals surface area contributed by atoms with Gasteiger partial charge in [-0.15, -0.1) is 0 Å². The van der Waals surface area contributed by atoms with Gasteiger partial charge >= 0.3 is 10.1 Å². The molecule has 0 saturated carbocycles. The van der Waals surface area contributed by atoms with Crippen molar-refractivity contribution in [3.05, 3.63) is 59.7 Å². The third-order valence-electron chi connectivity index (χ3n) is 4.01. The van der Waals surface area contributed by atoms with Crippen LogP contribution in [0.25, 0.3) is 0 Å². The molecule has 0 aliphatic carbocycles. The Hall–Kier alpha value is -1.81. The molecule has 0 heterocycles. The van der Waals surface area contributed by atoms with Gasteiger partial charge in [-0.3, -0.25) is 0 Å². The van der Waals surface area contributed by atoms with Crippen molar-refractivity contribution in [2.24, 2.45) is 0 Å². The third kappa shape index (κ3) is 3.69. The molecule has 118 valence electrons. The van der Waals surface area contributed by atoms with Gasteiger partial charge in [0.05, 0.1) is 0 Å². The Bertz CT molecular complexity index is 744. The summed E-state index contributed by atoms with van der Waals surface area (Å²) in [7, 11) is -3.80.